The van der Waals surface area contributed by atoms with Gasteiger partial charge in [0.1, 0.15) is 5.69 Å². The maximum atomic E-state index is 12.0. The van der Waals surface area contributed by atoms with Gasteiger partial charge in [0, 0.05) is 13.2 Å². The van der Waals surface area contributed by atoms with Crippen LogP contribution >= 0.6 is 0 Å². The van der Waals surface area contributed by atoms with E-state index in [-0.39, 0.29) is 12.3 Å². The van der Waals surface area contributed by atoms with Gasteiger partial charge in [0.15, 0.2) is 0 Å². The molecule has 2 heterocycles. The Bertz CT molecular complexity index is 710. The van der Waals surface area contributed by atoms with Crippen LogP contribution in [0.2, 0.25) is 0 Å². The summed E-state index contributed by atoms with van der Waals surface area (Å²) in [5, 5.41) is 4.10. The van der Waals surface area contributed by atoms with Gasteiger partial charge >= 0.3 is 0 Å². The van der Waals surface area contributed by atoms with Crippen molar-refractivity contribution in [1.29, 1.82) is 0 Å². The number of benzene rings is 1. The molecule has 90 valence electrons. The smallest absolute Gasteiger partial charge is 0.202 e. The van der Waals surface area contributed by atoms with Crippen LogP contribution in [0.1, 0.15) is 10.5 Å². The Balaban J connectivity index is 1.90. The van der Waals surface area contributed by atoms with Crippen molar-refractivity contribution in [2.45, 2.75) is 6.54 Å². The number of hydrogen-bond acceptors (Lipinski definition) is 3. The SMILES string of the molecule is Cn1ccc(C(=O)Cn2cnc3ccccc32)n1. The van der Waals surface area contributed by atoms with Crippen molar-refractivity contribution >= 4 is 16.8 Å². The zero-order chi connectivity index (χ0) is 12.5. The van der Waals surface area contributed by atoms with E-state index in [0.717, 1.165) is 11.0 Å². The molecule has 0 saturated heterocycles. The average Bonchev–Trinajstić information content (AvgIpc) is 2.97. The summed E-state index contributed by atoms with van der Waals surface area (Å²) < 4.78 is 3.46. The van der Waals surface area contributed by atoms with Crippen LogP contribution in [0.3, 0.4) is 0 Å². The minimum absolute atomic E-state index is 0.0150. The molecule has 3 aromatic rings. The summed E-state index contributed by atoms with van der Waals surface area (Å²) >= 11 is 0. The van der Waals surface area contributed by atoms with E-state index in [2.05, 4.69) is 10.1 Å². The lowest BCUT2D eigenvalue weighted by Crippen LogP contribution is -2.10. The van der Waals surface area contributed by atoms with Gasteiger partial charge in [-0.05, 0) is 18.2 Å². The van der Waals surface area contributed by atoms with Crippen LogP contribution in [0.5, 0.6) is 0 Å². The Labute approximate surface area is 104 Å². The van der Waals surface area contributed by atoms with Gasteiger partial charge in [-0.2, -0.15) is 5.10 Å². The van der Waals surface area contributed by atoms with Crippen LogP contribution in [0.25, 0.3) is 11.0 Å². The second-order valence-corrected chi connectivity index (χ2v) is 4.16. The largest absolute Gasteiger partial charge is 0.323 e. The number of ketones is 1. The fourth-order valence-corrected chi connectivity index (χ4v) is 1.94. The topological polar surface area (TPSA) is 52.7 Å². The van der Waals surface area contributed by atoms with E-state index in [1.54, 1.807) is 30.3 Å². The predicted molar refractivity (Wildman–Crippen MR) is 67.3 cm³/mol. The first-order valence-corrected chi connectivity index (χ1v) is 5.67. The number of Topliss-reactive ketones (excluding diaryl/α,β-unsaturated/α-hetero) is 1. The highest BCUT2D eigenvalue weighted by Gasteiger charge is 2.11. The molecule has 5 nitrogen and oxygen atoms in total. The molecule has 0 atom stereocenters. The third kappa shape index (κ3) is 1.79. The van der Waals surface area contributed by atoms with Crippen molar-refractivity contribution < 1.29 is 4.79 Å². The summed E-state index contributed by atoms with van der Waals surface area (Å²) in [5.41, 5.74) is 2.34. The van der Waals surface area contributed by atoms with E-state index in [1.165, 1.54) is 0 Å². The number of hydrogen-bond donors (Lipinski definition) is 0. The number of aromatic nitrogens is 4. The van der Waals surface area contributed by atoms with Gasteiger partial charge in [0.25, 0.3) is 0 Å². The second kappa shape index (κ2) is 4.10. The van der Waals surface area contributed by atoms with Crippen LogP contribution in [-0.2, 0) is 13.6 Å². The van der Waals surface area contributed by atoms with Crippen molar-refractivity contribution in [3.63, 3.8) is 0 Å². The van der Waals surface area contributed by atoms with Crippen molar-refractivity contribution in [1.82, 2.24) is 19.3 Å². The summed E-state index contributed by atoms with van der Waals surface area (Å²) in [4.78, 5) is 16.3. The summed E-state index contributed by atoms with van der Waals surface area (Å²) in [6.07, 6.45) is 3.45. The van der Waals surface area contributed by atoms with Gasteiger partial charge in [-0.1, -0.05) is 12.1 Å². The molecule has 0 aliphatic rings. The van der Waals surface area contributed by atoms with Gasteiger partial charge in [0.2, 0.25) is 5.78 Å². The standard InChI is InChI=1S/C13H12N4O/c1-16-7-6-11(15-16)13(18)8-17-9-14-10-4-2-3-5-12(10)17/h2-7,9H,8H2,1H3. The number of carbonyl (C=O) groups is 1. The predicted octanol–water partition coefficient (Wildman–Crippen LogP) is 1.65. The Morgan fingerprint density at radius 3 is 2.89 bits per heavy atom. The molecule has 0 N–H and O–H groups in total. The lowest BCUT2D eigenvalue weighted by molar-refractivity contribution is 0.0968. The van der Waals surface area contributed by atoms with Gasteiger partial charge in [-0.15, -0.1) is 0 Å². The van der Waals surface area contributed by atoms with Gasteiger partial charge in [-0.3, -0.25) is 9.48 Å². The highest BCUT2D eigenvalue weighted by atomic mass is 16.1. The number of imidazole rings is 1. The molecule has 0 amide bonds. The molecule has 5 heteroatoms. The fraction of sp³-hybridized carbons (Fsp3) is 0.154. The Hall–Kier alpha value is -2.43. The second-order valence-electron chi connectivity index (χ2n) is 4.16. The molecule has 0 saturated carbocycles. The lowest BCUT2D eigenvalue weighted by Gasteiger charge is -2.01. The van der Waals surface area contributed by atoms with Crippen molar-refractivity contribution in [2.24, 2.45) is 7.05 Å². The summed E-state index contributed by atoms with van der Waals surface area (Å²) in [6, 6.07) is 9.47. The number of carbonyl (C=O) groups excluding carboxylic acids is 1. The summed E-state index contributed by atoms with van der Waals surface area (Å²) in [5.74, 6) is -0.0150. The molecule has 2 aromatic heterocycles. The maximum Gasteiger partial charge on any atom is 0.202 e. The number of aryl methyl sites for hydroxylation is 1. The minimum Gasteiger partial charge on any atom is -0.323 e. The molecular formula is C13H12N4O. The van der Waals surface area contributed by atoms with E-state index in [0.29, 0.717) is 5.69 Å². The van der Waals surface area contributed by atoms with E-state index >= 15 is 0 Å². The highest BCUT2D eigenvalue weighted by Crippen LogP contribution is 2.12. The monoisotopic (exact) mass is 240 g/mol. The van der Waals surface area contributed by atoms with Crippen molar-refractivity contribution in [3.8, 4) is 0 Å². The van der Waals surface area contributed by atoms with E-state index in [1.807, 2.05) is 28.8 Å². The third-order valence-corrected chi connectivity index (χ3v) is 2.84. The zero-order valence-electron chi connectivity index (χ0n) is 9.95. The fourth-order valence-electron chi connectivity index (χ4n) is 1.94. The number of rotatable bonds is 3. The van der Waals surface area contributed by atoms with Gasteiger partial charge < -0.3 is 4.57 Å². The van der Waals surface area contributed by atoms with Crippen LogP contribution < -0.4 is 0 Å². The number of para-hydroxylation sites is 2. The van der Waals surface area contributed by atoms with Crippen LogP contribution in [0.4, 0.5) is 0 Å². The van der Waals surface area contributed by atoms with Gasteiger partial charge in [-0.25, -0.2) is 4.98 Å². The number of nitrogens with zero attached hydrogens (tertiary/aromatic N) is 4. The Kier molecular flexibility index (Phi) is 2.44. The highest BCUT2D eigenvalue weighted by molar-refractivity contribution is 5.94. The molecule has 0 aliphatic carbocycles. The number of fused-ring (bicyclic) bond motifs is 1. The molecule has 0 spiro atoms. The maximum absolute atomic E-state index is 12.0. The molecule has 0 fully saturated rings. The van der Waals surface area contributed by atoms with Crippen LogP contribution in [0.15, 0.2) is 42.9 Å². The molecule has 0 radical (unpaired) electrons. The molecule has 18 heavy (non-hydrogen) atoms. The van der Waals surface area contributed by atoms with Crippen molar-refractivity contribution in [3.05, 3.63) is 48.5 Å². The lowest BCUT2D eigenvalue weighted by atomic mass is 10.2. The molecule has 3 rings (SSSR count). The van der Waals surface area contributed by atoms with Gasteiger partial charge in [0.05, 0.1) is 23.9 Å². The van der Waals surface area contributed by atoms with Crippen molar-refractivity contribution in [2.75, 3.05) is 0 Å². The quantitative estimate of drug-likeness (QED) is 0.654. The molecule has 0 aliphatic heterocycles. The third-order valence-electron chi connectivity index (χ3n) is 2.84. The van der Waals surface area contributed by atoms with E-state index < -0.39 is 0 Å². The zero-order valence-corrected chi connectivity index (χ0v) is 9.95. The minimum atomic E-state index is -0.0150. The van der Waals surface area contributed by atoms with Crippen LogP contribution in [-0.4, -0.2) is 25.1 Å². The molecular weight excluding hydrogens is 228 g/mol. The summed E-state index contributed by atoms with van der Waals surface area (Å²) in [6.45, 7) is 0.261. The first-order chi connectivity index (χ1) is 8.74. The molecule has 1 aromatic carbocycles. The Morgan fingerprint density at radius 1 is 1.28 bits per heavy atom. The summed E-state index contributed by atoms with van der Waals surface area (Å²) in [7, 11) is 1.80. The average molecular weight is 240 g/mol. The van der Waals surface area contributed by atoms with E-state index in [9.17, 15) is 4.79 Å². The Morgan fingerprint density at radius 2 is 2.11 bits per heavy atom. The first-order valence-electron chi connectivity index (χ1n) is 5.67. The molecule has 0 bridgehead atoms. The molecule has 0 unspecified atom stereocenters. The normalized spacial score (nSPS) is 10.9. The first kappa shape index (κ1) is 10.7. The van der Waals surface area contributed by atoms with Crippen LogP contribution in [0, 0.1) is 0 Å². The van der Waals surface area contributed by atoms with E-state index in [4.69, 9.17) is 0 Å².